The Balaban J connectivity index is 1.70. The van der Waals surface area contributed by atoms with Gasteiger partial charge in [-0.3, -0.25) is 0 Å². The number of ether oxygens (including phenoxy) is 3. The van der Waals surface area contributed by atoms with E-state index in [1.165, 1.54) is 6.42 Å². The summed E-state index contributed by atoms with van der Waals surface area (Å²) in [5.41, 5.74) is -0.820. The predicted octanol–water partition coefficient (Wildman–Crippen LogP) is 3.65. The third kappa shape index (κ3) is 2.76. The van der Waals surface area contributed by atoms with Crippen molar-refractivity contribution in [3.05, 3.63) is 0 Å². The molecule has 0 radical (unpaired) electrons. The zero-order valence-corrected chi connectivity index (χ0v) is 18.4. The van der Waals surface area contributed by atoms with Gasteiger partial charge in [-0.2, -0.15) is 0 Å². The van der Waals surface area contributed by atoms with Crippen molar-refractivity contribution in [3.8, 4) is 0 Å². The minimum atomic E-state index is -0.590. The first-order chi connectivity index (χ1) is 13.1. The average molecular weight is 397 g/mol. The van der Waals surface area contributed by atoms with E-state index in [4.69, 9.17) is 14.2 Å². The standard InChI is InChI=1S/C23H40O5/c1-16-6-7-17-20(4)15-26-19(2,3)27-18(20)8-9-21(17,5)23(16)11-10-22(14-25,28-23)12-13-24/h16-18,24-25H,6-15H2,1-5H3/t16-,17?,18+,20+,21+,22?,23+/m0/s1. The van der Waals surface area contributed by atoms with Crippen molar-refractivity contribution in [3.63, 3.8) is 0 Å². The Labute approximate surface area is 170 Å². The molecule has 4 aliphatic rings. The van der Waals surface area contributed by atoms with Gasteiger partial charge < -0.3 is 24.4 Å². The summed E-state index contributed by atoms with van der Waals surface area (Å²) < 4.78 is 19.5. The number of fused-ring (bicyclic) bond motifs is 4. The van der Waals surface area contributed by atoms with Crippen LogP contribution in [-0.2, 0) is 14.2 Å². The van der Waals surface area contributed by atoms with Crippen LogP contribution in [0.2, 0.25) is 0 Å². The SMILES string of the molecule is C[C@H]1CCC2[C@@]3(C)COC(C)(C)O[C@@H]3CC[C@@]2(C)[C@@]12CCC(CO)(CCO)O2. The number of aliphatic hydroxyl groups excluding tert-OH is 2. The van der Waals surface area contributed by atoms with E-state index in [2.05, 4.69) is 20.8 Å². The van der Waals surface area contributed by atoms with E-state index in [9.17, 15) is 10.2 Å². The molecule has 162 valence electrons. The van der Waals surface area contributed by atoms with E-state index in [1.54, 1.807) is 0 Å². The van der Waals surface area contributed by atoms with Crippen molar-refractivity contribution >= 4 is 0 Å². The first-order valence-corrected chi connectivity index (χ1v) is 11.3. The first kappa shape index (κ1) is 21.0. The van der Waals surface area contributed by atoms with Gasteiger partial charge in [0.1, 0.15) is 0 Å². The van der Waals surface area contributed by atoms with Crippen molar-refractivity contribution in [2.45, 2.75) is 103 Å². The van der Waals surface area contributed by atoms with Crippen LogP contribution in [0, 0.1) is 22.7 Å². The monoisotopic (exact) mass is 396 g/mol. The molecule has 2 heterocycles. The molecule has 5 heteroatoms. The van der Waals surface area contributed by atoms with Crippen molar-refractivity contribution in [2.75, 3.05) is 19.8 Å². The van der Waals surface area contributed by atoms with E-state index in [0.29, 0.717) is 18.3 Å². The van der Waals surface area contributed by atoms with Gasteiger partial charge in [-0.15, -0.1) is 0 Å². The minimum Gasteiger partial charge on any atom is -0.396 e. The third-order valence-electron chi connectivity index (χ3n) is 9.24. The molecule has 2 saturated heterocycles. The van der Waals surface area contributed by atoms with Crippen LogP contribution in [0.15, 0.2) is 0 Å². The van der Waals surface area contributed by atoms with Gasteiger partial charge in [0, 0.05) is 23.9 Å². The molecule has 0 aromatic rings. The van der Waals surface area contributed by atoms with Gasteiger partial charge in [-0.05, 0) is 64.2 Å². The lowest BCUT2D eigenvalue weighted by molar-refractivity contribution is -0.359. The van der Waals surface area contributed by atoms with Crippen LogP contribution in [-0.4, -0.2) is 53.1 Å². The quantitative estimate of drug-likeness (QED) is 0.762. The fourth-order valence-electron chi connectivity index (χ4n) is 7.57. The number of rotatable bonds is 3. The highest BCUT2D eigenvalue weighted by atomic mass is 16.7. The molecule has 0 amide bonds. The molecular formula is C23H40O5. The molecular weight excluding hydrogens is 356 g/mol. The molecule has 0 bridgehead atoms. The van der Waals surface area contributed by atoms with Crippen LogP contribution >= 0.6 is 0 Å². The van der Waals surface area contributed by atoms with Crippen molar-refractivity contribution in [2.24, 2.45) is 22.7 Å². The van der Waals surface area contributed by atoms with Gasteiger partial charge in [-0.1, -0.05) is 20.8 Å². The largest absolute Gasteiger partial charge is 0.396 e. The van der Waals surface area contributed by atoms with E-state index >= 15 is 0 Å². The van der Waals surface area contributed by atoms with Crippen LogP contribution in [0.3, 0.4) is 0 Å². The maximum atomic E-state index is 10.1. The second-order valence-electron chi connectivity index (χ2n) is 11.1. The lowest BCUT2D eigenvalue weighted by Gasteiger charge is -2.67. The highest BCUT2D eigenvalue weighted by Gasteiger charge is 2.70. The van der Waals surface area contributed by atoms with E-state index in [-0.39, 0.29) is 35.7 Å². The van der Waals surface area contributed by atoms with Gasteiger partial charge in [-0.25, -0.2) is 0 Å². The molecule has 4 rings (SSSR count). The molecule has 2 unspecified atom stereocenters. The van der Waals surface area contributed by atoms with Crippen molar-refractivity contribution < 1.29 is 24.4 Å². The fraction of sp³-hybridized carbons (Fsp3) is 1.00. The second kappa shape index (κ2) is 6.65. The summed E-state index contributed by atoms with van der Waals surface area (Å²) in [5, 5.41) is 19.7. The minimum absolute atomic E-state index is 0.0108. The summed E-state index contributed by atoms with van der Waals surface area (Å²) >= 11 is 0. The predicted molar refractivity (Wildman–Crippen MR) is 107 cm³/mol. The molecule has 2 aliphatic carbocycles. The third-order valence-corrected chi connectivity index (χ3v) is 9.24. The Bertz CT molecular complexity index is 608. The van der Waals surface area contributed by atoms with E-state index in [0.717, 1.165) is 38.7 Å². The summed E-state index contributed by atoms with van der Waals surface area (Å²) in [6, 6.07) is 0. The van der Waals surface area contributed by atoms with E-state index in [1.807, 2.05) is 13.8 Å². The summed E-state index contributed by atoms with van der Waals surface area (Å²) in [6.07, 6.45) is 6.95. The molecule has 28 heavy (non-hydrogen) atoms. The van der Waals surface area contributed by atoms with Crippen LogP contribution < -0.4 is 0 Å². The fourth-order valence-corrected chi connectivity index (χ4v) is 7.57. The molecule has 4 fully saturated rings. The van der Waals surface area contributed by atoms with Crippen LogP contribution in [0.4, 0.5) is 0 Å². The molecule has 2 saturated carbocycles. The van der Waals surface area contributed by atoms with Crippen LogP contribution in [0.25, 0.3) is 0 Å². The molecule has 0 aromatic carbocycles. The molecule has 7 atom stereocenters. The van der Waals surface area contributed by atoms with Crippen LogP contribution in [0.5, 0.6) is 0 Å². The van der Waals surface area contributed by atoms with Gasteiger partial charge in [0.25, 0.3) is 0 Å². The zero-order valence-electron chi connectivity index (χ0n) is 18.4. The number of hydrogen-bond donors (Lipinski definition) is 2. The average Bonchev–Trinajstić information content (AvgIpc) is 3.03. The second-order valence-corrected chi connectivity index (χ2v) is 11.1. The Morgan fingerprint density at radius 2 is 1.71 bits per heavy atom. The maximum absolute atomic E-state index is 10.1. The molecule has 5 nitrogen and oxygen atoms in total. The number of aliphatic hydroxyl groups is 2. The Morgan fingerprint density at radius 3 is 2.39 bits per heavy atom. The Hall–Kier alpha value is -0.200. The van der Waals surface area contributed by atoms with E-state index < -0.39 is 11.4 Å². The normalized spacial score (nSPS) is 53.0. The van der Waals surface area contributed by atoms with Gasteiger partial charge in [0.15, 0.2) is 5.79 Å². The summed E-state index contributed by atoms with van der Waals surface area (Å²) in [6.45, 7) is 12.0. The number of hydrogen-bond acceptors (Lipinski definition) is 5. The highest BCUT2D eigenvalue weighted by molar-refractivity contribution is 5.18. The summed E-state index contributed by atoms with van der Waals surface area (Å²) in [4.78, 5) is 0. The smallest absolute Gasteiger partial charge is 0.163 e. The first-order valence-electron chi connectivity index (χ1n) is 11.3. The molecule has 2 N–H and O–H groups in total. The molecule has 1 spiro atoms. The summed E-state index contributed by atoms with van der Waals surface area (Å²) in [7, 11) is 0. The van der Waals surface area contributed by atoms with Crippen molar-refractivity contribution in [1.29, 1.82) is 0 Å². The summed E-state index contributed by atoms with van der Waals surface area (Å²) in [5.74, 6) is 0.409. The topological polar surface area (TPSA) is 68.2 Å². The highest BCUT2D eigenvalue weighted by Crippen LogP contribution is 2.69. The maximum Gasteiger partial charge on any atom is 0.163 e. The molecule has 0 aromatic heterocycles. The van der Waals surface area contributed by atoms with Gasteiger partial charge in [0.05, 0.1) is 30.5 Å². The van der Waals surface area contributed by atoms with Gasteiger partial charge >= 0.3 is 0 Å². The Morgan fingerprint density at radius 1 is 0.964 bits per heavy atom. The zero-order chi connectivity index (χ0) is 20.4. The Kier molecular flexibility index (Phi) is 5.00. The lowest BCUT2D eigenvalue weighted by atomic mass is 9.43. The van der Waals surface area contributed by atoms with Crippen molar-refractivity contribution in [1.82, 2.24) is 0 Å². The van der Waals surface area contributed by atoms with Crippen LogP contribution in [0.1, 0.15) is 79.6 Å². The lowest BCUT2D eigenvalue weighted by Crippen LogP contribution is -2.69. The molecule has 2 aliphatic heterocycles. The van der Waals surface area contributed by atoms with Gasteiger partial charge in [0.2, 0.25) is 0 Å².